The first-order valence-electron chi connectivity index (χ1n) is 10.6. The van der Waals surface area contributed by atoms with E-state index in [1.54, 1.807) is 19.2 Å². The van der Waals surface area contributed by atoms with E-state index in [4.69, 9.17) is 9.15 Å². The molecule has 3 heterocycles. The molecule has 5 aromatic rings. The van der Waals surface area contributed by atoms with Crippen LogP contribution >= 0.6 is 0 Å². The van der Waals surface area contributed by atoms with Crippen LogP contribution in [0.1, 0.15) is 18.0 Å². The number of aromatic amines is 1. The number of H-pyrrole nitrogens is 1. The highest BCUT2D eigenvalue weighted by molar-refractivity contribution is 5.96. The van der Waals surface area contributed by atoms with Gasteiger partial charge in [0, 0.05) is 23.3 Å². The van der Waals surface area contributed by atoms with Gasteiger partial charge in [-0.05, 0) is 47.5 Å². The van der Waals surface area contributed by atoms with E-state index < -0.39 is 12.3 Å². The molecule has 5 rings (SSSR count). The van der Waals surface area contributed by atoms with Gasteiger partial charge in [-0.1, -0.05) is 18.2 Å². The van der Waals surface area contributed by atoms with Gasteiger partial charge in [-0.3, -0.25) is 9.78 Å². The minimum Gasteiger partial charge on any atom is -0.495 e. The third-order valence-corrected chi connectivity index (χ3v) is 5.55. The van der Waals surface area contributed by atoms with E-state index in [1.807, 2.05) is 48.7 Å². The fourth-order valence-corrected chi connectivity index (χ4v) is 3.86. The van der Waals surface area contributed by atoms with Gasteiger partial charge in [0.1, 0.15) is 5.75 Å². The molecule has 176 valence electrons. The van der Waals surface area contributed by atoms with Crippen molar-refractivity contribution < 1.29 is 22.7 Å². The average Bonchev–Trinajstić information content (AvgIpc) is 3.57. The maximum Gasteiger partial charge on any atom is 0.314 e. The third-order valence-electron chi connectivity index (χ3n) is 5.55. The van der Waals surface area contributed by atoms with E-state index in [1.165, 1.54) is 11.1 Å². The Morgan fingerprint density at radius 3 is 2.69 bits per heavy atom. The van der Waals surface area contributed by atoms with E-state index in [-0.39, 0.29) is 12.4 Å². The molecule has 3 aromatic heterocycles. The van der Waals surface area contributed by atoms with Crippen molar-refractivity contribution >= 4 is 23.0 Å². The number of anilines is 1. The number of hydrogen-bond donors (Lipinski definition) is 1. The van der Waals surface area contributed by atoms with Crippen molar-refractivity contribution in [3.05, 3.63) is 78.6 Å². The average molecular weight is 475 g/mol. The summed E-state index contributed by atoms with van der Waals surface area (Å²) >= 11 is 0. The highest BCUT2D eigenvalue weighted by Gasteiger charge is 2.18. The SMILES string of the molecule is COc1cc(-c2cccc3[nH]ccc23)ccc1N(C=O)Cc1ccc(-c2nnc(C(F)F)o2)cn1. The minimum atomic E-state index is -2.85. The number of nitrogens with one attached hydrogen (secondary N) is 1. The number of nitrogens with zero attached hydrogens (tertiary/aromatic N) is 4. The molecule has 0 aliphatic carbocycles. The van der Waals surface area contributed by atoms with Crippen molar-refractivity contribution in [3.63, 3.8) is 0 Å². The maximum absolute atomic E-state index is 12.7. The van der Waals surface area contributed by atoms with E-state index in [0.29, 0.717) is 29.1 Å². The van der Waals surface area contributed by atoms with Gasteiger partial charge in [0.25, 0.3) is 5.89 Å². The number of hydrogen-bond acceptors (Lipinski definition) is 6. The number of carbonyl (C=O) groups excluding carboxylic acids is 1. The van der Waals surface area contributed by atoms with Gasteiger partial charge in [0.2, 0.25) is 12.3 Å². The number of amides is 1. The van der Waals surface area contributed by atoms with Crippen LogP contribution in [-0.4, -0.2) is 33.7 Å². The molecule has 0 bridgehead atoms. The summed E-state index contributed by atoms with van der Waals surface area (Å²) in [5, 5.41) is 8.01. The zero-order valence-electron chi connectivity index (χ0n) is 18.5. The lowest BCUT2D eigenvalue weighted by atomic mass is 10.0. The van der Waals surface area contributed by atoms with Gasteiger partial charge in [0.05, 0.1) is 30.6 Å². The van der Waals surface area contributed by atoms with Crippen LogP contribution in [0.3, 0.4) is 0 Å². The number of benzene rings is 2. The Bertz CT molecular complexity index is 1480. The Hall–Kier alpha value is -4.60. The highest BCUT2D eigenvalue weighted by Crippen LogP contribution is 2.36. The molecular weight excluding hydrogens is 456 g/mol. The second-order valence-corrected chi connectivity index (χ2v) is 7.65. The summed E-state index contributed by atoms with van der Waals surface area (Å²) in [5.41, 5.74) is 4.56. The Labute approximate surface area is 198 Å². The zero-order valence-corrected chi connectivity index (χ0v) is 18.5. The Morgan fingerprint density at radius 1 is 1.11 bits per heavy atom. The number of pyridine rings is 1. The Kier molecular flexibility index (Phi) is 5.92. The topological polar surface area (TPSA) is 97.1 Å². The Morgan fingerprint density at radius 2 is 1.97 bits per heavy atom. The second-order valence-electron chi connectivity index (χ2n) is 7.65. The lowest BCUT2D eigenvalue weighted by Crippen LogP contribution is -2.21. The van der Waals surface area contributed by atoms with E-state index >= 15 is 0 Å². The lowest BCUT2D eigenvalue weighted by molar-refractivity contribution is -0.107. The van der Waals surface area contributed by atoms with Crippen LogP contribution < -0.4 is 9.64 Å². The molecule has 8 nitrogen and oxygen atoms in total. The fourth-order valence-electron chi connectivity index (χ4n) is 3.86. The molecule has 1 N–H and O–H groups in total. The summed E-state index contributed by atoms with van der Waals surface area (Å²) in [6.45, 7) is 0.166. The number of carbonyl (C=O) groups is 1. The molecule has 0 saturated carbocycles. The first-order chi connectivity index (χ1) is 17.1. The van der Waals surface area contributed by atoms with Crippen molar-refractivity contribution in [1.29, 1.82) is 0 Å². The smallest absolute Gasteiger partial charge is 0.314 e. The van der Waals surface area contributed by atoms with E-state index in [0.717, 1.165) is 22.0 Å². The number of fused-ring (bicyclic) bond motifs is 1. The minimum absolute atomic E-state index is 0.0544. The van der Waals surface area contributed by atoms with Crippen molar-refractivity contribution in [2.75, 3.05) is 12.0 Å². The van der Waals surface area contributed by atoms with Gasteiger partial charge in [-0.2, -0.15) is 8.78 Å². The van der Waals surface area contributed by atoms with Crippen LogP contribution in [0.4, 0.5) is 14.5 Å². The molecular formula is C25H19F2N5O3. The number of ether oxygens (including phenoxy) is 1. The van der Waals surface area contributed by atoms with Gasteiger partial charge < -0.3 is 19.0 Å². The number of halogens is 2. The third kappa shape index (κ3) is 4.33. The maximum atomic E-state index is 12.7. The van der Waals surface area contributed by atoms with Crippen molar-refractivity contribution in [2.45, 2.75) is 13.0 Å². The first kappa shape index (κ1) is 22.2. The lowest BCUT2D eigenvalue weighted by Gasteiger charge is -2.20. The standard InChI is InChI=1S/C25H19F2N5O3/c1-34-22-11-15(18-3-2-4-20-19(18)9-10-28-20)6-8-21(22)32(14-33)13-17-7-5-16(12-29-17)24-30-31-25(35-24)23(26)27/h2-12,14,23,28H,13H2,1H3. The molecule has 2 aromatic carbocycles. The quantitative estimate of drug-likeness (QED) is 0.302. The largest absolute Gasteiger partial charge is 0.495 e. The number of alkyl halides is 2. The van der Waals surface area contributed by atoms with Crippen LogP contribution in [0, 0.1) is 0 Å². The summed E-state index contributed by atoms with van der Waals surface area (Å²) in [6, 6.07) is 17.0. The van der Waals surface area contributed by atoms with Crippen LogP contribution in [-0.2, 0) is 11.3 Å². The molecule has 0 unspecified atom stereocenters. The van der Waals surface area contributed by atoms with Crippen LogP contribution in [0.25, 0.3) is 33.5 Å². The van der Waals surface area contributed by atoms with Crippen LogP contribution in [0.5, 0.6) is 5.75 Å². The molecule has 0 aliphatic rings. The molecule has 0 spiro atoms. The normalized spacial score (nSPS) is 11.2. The molecule has 1 amide bonds. The van der Waals surface area contributed by atoms with Crippen molar-refractivity contribution in [2.24, 2.45) is 0 Å². The number of rotatable bonds is 8. The van der Waals surface area contributed by atoms with Gasteiger partial charge in [-0.25, -0.2) is 0 Å². The molecule has 0 atom stereocenters. The predicted molar refractivity (Wildman–Crippen MR) is 125 cm³/mol. The molecule has 0 saturated heterocycles. The molecule has 0 fully saturated rings. The van der Waals surface area contributed by atoms with E-state index in [9.17, 15) is 13.6 Å². The molecule has 0 aliphatic heterocycles. The van der Waals surface area contributed by atoms with Crippen LogP contribution in [0.15, 0.2) is 71.4 Å². The summed E-state index contributed by atoms with van der Waals surface area (Å²) in [7, 11) is 1.55. The summed E-state index contributed by atoms with van der Waals surface area (Å²) < 4.78 is 35.9. The van der Waals surface area contributed by atoms with Crippen molar-refractivity contribution in [1.82, 2.24) is 20.2 Å². The monoisotopic (exact) mass is 475 g/mol. The van der Waals surface area contributed by atoms with Gasteiger partial charge >= 0.3 is 6.43 Å². The van der Waals surface area contributed by atoms with Gasteiger partial charge in [-0.15, -0.1) is 10.2 Å². The van der Waals surface area contributed by atoms with Crippen molar-refractivity contribution in [3.8, 4) is 28.3 Å². The first-order valence-corrected chi connectivity index (χ1v) is 10.6. The molecule has 0 radical (unpaired) electrons. The molecule has 10 heteroatoms. The van der Waals surface area contributed by atoms with Crippen LogP contribution in [0.2, 0.25) is 0 Å². The van der Waals surface area contributed by atoms with Gasteiger partial charge in [0.15, 0.2) is 0 Å². The summed E-state index contributed by atoms with van der Waals surface area (Å²) in [6.07, 6.45) is 1.18. The number of aromatic nitrogens is 4. The summed E-state index contributed by atoms with van der Waals surface area (Å²) in [4.78, 5) is 21.0. The highest BCUT2D eigenvalue weighted by atomic mass is 19.3. The Balaban J connectivity index is 1.39. The predicted octanol–water partition coefficient (Wildman–Crippen LogP) is 5.39. The number of methoxy groups -OCH3 is 1. The van der Waals surface area contributed by atoms with E-state index in [2.05, 4.69) is 20.2 Å². The second kappa shape index (κ2) is 9.34. The zero-order chi connectivity index (χ0) is 24.4. The summed E-state index contributed by atoms with van der Waals surface area (Å²) in [5.74, 6) is -0.273. The molecule has 35 heavy (non-hydrogen) atoms. The fraction of sp³-hybridized carbons (Fsp3) is 0.120.